The van der Waals surface area contributed by atoms with Gasteiger partial charge in [0.15, 0.2) is 5.69 Å². The topological polar surface area (TPSA) is 93.3 Å². The van der Waals surface area contributed by atoms with Crippen LogP contribution in [0.25, 0.3) is 5.52 Å². The Morgan fingerprint density at radius 1 is 1.20 bits per heavy atom. The van der Waals surface area contributed by atoms with Gasteiger partial charge in [0, 0.05) is 12.7 Å². The molecule has 0 aliphatic carbocycles. The van der Waals surface area contributed by atoms with Crippen LogP contribution in [-0.2, 0) is 11.3 Å². The maximum absolute atomic E-state index is 12.2. The highest BCUT2D eigenvalue weighted by molar-refractivity contribution is 5.99. The number of fused-ring (bicyclic) bond motifs is 1. The molecular formula is C17H20N6O2. The number of rotatable bonds is 5. The van der Waals surface area contributed by atoms with E-state index in [1.807, 2.05) is 43.7 Å². The first-order chi connectivity index (χ1) is 12.0. The Morgan fingerprint density at radius 3 is 2.68 bits per heavy atom. The van der Waals surface area contributed by atoms with Gasteiger partial charge in [0.05, 0.1) is 29.1 Å². The zero-order chi connectivity index (χ0) is 18.0. The predicted octanol–water partition coefficient (Wildman–Crippen LogP) is 1.54. The molecule has 0 bridgehead atoms. The summed E-state index contributed by atoms with van der Waals surface area (Å²) in [6, 6.07) is 7.23. The van der Waals surface area contributed by atoms with Gasteiger partial charge < -0.3 is 10.6 Å². The monoisotopic (exact) mass is 340 g/mol. The summed E-state index contributed by atoms with van der Waals surface area (Å²) in [5.74, 6) is -0.699. The fraction of sp³-hybridized carbons (Fsp3) is 0.294. The Morgan fingerprint density at radius 2 is 2.00 bits per heavy atom. The van der Waals surface area contributed by atoms with Gasteiger partial charge in [-0.15, -0.1) is 0 Å². The Balaban J connectivity index is 1.62. The van der Waals surface area contributed by atoms with E-state index in [4.69, 9.17) is 0 Å². The Kier molecular flexibility index (Phi) is 4.51. The van der Waals surface area contributed by atoms with Crippen molar-refractivity contribution >= 4 is 23.0 Å². The SMILES string of the molecule is CCn1nc(C)c(NC(=O)CNC(=O)c2cc3ccccn3n2)c1C. The lowest BCUT2D eigenvalue weighted by molar-refractivity contribution is -0.115. The van der Waals surface area contributed by atoms with Crippen LogP contribution in [0.4, 0.5) is 5.69 Å². The molecule has 2 N–H and O–H groups in total. The molecule has 25 heavy (non-hydrogen) atoms. The number of nitrogens with one attached hydrogen (secondary N) is 2. The van der Waals surface area contributed by atoms with Crippen LogP contribution < -0.4 is 10.6 Å². The molecule has 0 aliphatic rings. The molecule has 3 aromatic heterocycles. The largest absolute Gasteiger partial charge is 0.342 e. The maximum Gasteiger partial charge on any atom is 0.272 e. The van der Waals surface area contributed by atoms with E-state index in [-0.39, 0.29) is 18.1 Å². The third-order valence-electron chi connectivity index (χ3n) is 3.96. The summed E-state index contributed by atoms with van der Waals surface area (Å²) in [6.07, 6.45) is 1.76. The van der Waals surface area contributed by atoms with E-state index in [1.54, 1.807) is 16.8 Å². The number of pyridine rings is 1. The summed E-state index contributed by atoms with van der Waals surface area (Å²) >= 11 is 0. The van der Waals surface area contributed by atoms with Crippen molar-refractivity contribution in [2.75, 3.05) is 11.9 Å². The maximum atomic E-state index is 12.2. The van der Waals surface area contributed by atoms with Gasteiger partial charge in [-0.25, -0.2) is 4.52 Å². The minimum Gasteiger partial charge on any atom is -0.342 e. The first-order valence-corrected chi connectivity index (χ1v) is 8.06. The molecule has 0 spiro atoms. The number of hydrogen-bond acceptors (Lipinski definition) is 4. The first-order valence-electron chi connectivity index (χ1n) is 8.06. The lowest BCUT2D eigenvalue weighted by atomic mass is 10.3. The van der Waals surface area contributed by atoms with Crippen LogP contribution in [0.3, 0.4) is 0 Å². The van der Waals surface area contributed by atoms with E-state index < -0.39 is 5.91 Å². The van der Waals surface area contributed by atoms with Crippen LogP contribution in [0.15, 0.2) is 30.5 Å². The number of amides is 2. The third-order valence-corrected chi connectivity index (χ3v) is 3.96. The number of carbonyl (C=O) groups excluding carboxylic acids is 2. The predicted molar refractivity (Wildman–Crippen MR) is 93.5 cm³/mol. The van der Waals surface area contributed by atoms with Crippen molar-refractivity contribution in [3.8, 4) is 0 Å². The van der Waals surface area contributed by atoms with Gasteiger partial charge in [-0.1, -0.05) is 6.07 Å². The molecule has 0 aliphatic heterocycles. The highest BCUT2D eigenvalue weighted by Gasteiger charge is 2.15. The zero-order valence-electron chi connectivity index (χ0n) is 14.4. The van der Waals surface area contributed by atoms with Crippen molar-refractivity contribution in [2.24, 2.45) is 0 Å². The molecule has 3 aromatic rings. The Hall–Kier alpha value is -3.16. The van der Waals surface area contributed by atoms with Gasteiger partial charge in [0.25, 0.3) is 5.91 Å². The second-order valence-corrected chi connectivity index (χ2v) is 5.69. The van der Waals surface area contributed by atoms with Crippen molar-refractivity contribution in [1.82, 2.24) is 24.7 Å². The summed E-state index contributed by atoms with van der Waals surface area (Å²) in [6.45, 7) is 6.31. The Bertz CT molecular complexity index is 907. The van der Waals surface area contributed by atoms with E-state index in [1.165, 1.54) is 0 Å². The van der Waals surface area contributed by atoms with Crippen LogP contribution in [0, 0.1) is 13.8 Å². The van der Waals surface area contributed by atoms with E-state index in [0.29, 0.717) is 5.69 Å². The molecule has 2 amide bonds. The number of aryl methyl sites for hydroxylation is 2. The summed E-state index contributed by atoms with van der Waals surface area (Å²) in [7, 11) is 0. The van der Waals surface area contributed by atoms with Crippen LogP contribution in [0.1, 0.15) is 28.8 Å². The summed E-state index contributed by atoms with van der Waals surface area (Å²) < 4.78 is 3.43. The van der Waals surface area contributed by atoms with Crippen LogP contribution >= 0.6 is 0 Å². The third kappa shape index (κ3) is 3.37. The second kappa shape index (κ2) is 6.76. The molecule has 0 atom stereocenters. The van der Waals surface area contributed by atoms with Crippen LogP contribution in [0.5, 0.6) is 0 Å². The van der Waals surface area contributed by atoms with Gasteiger partial charge in [-0.05, 0) is 39.0 Å². The molecule has 8 nitrogen and oxygen atoms in total. The van der Waals surface area contributed by atoms with E-state index >= 15 is 0 Å². The van der Waals surface area contributed by atoms with Gasteiger partial charge in [0.1, 0.15) is 0 Å². The van der Waals surface area contributed by atoms with Crippen molar-refractivity contribution in [2.45, 2.75) is 27.3 Å². The molecule has 0 aromatic carbocycles. The minimum absolute atomic E-state index is 0.136. The fourth-order valence-corrected chi connectivity index (χ4v) is 2.67. The average Bonchev–Trinajstić information content (AvgIpc) is 3.15. The van der Waals surface area contributed by atoms with Crippen molar-refractivity contribution in [3.05, 3.63) is 47.5 Å². The van der Waals surface area contributed by atoms with Crippen molar-refractivity contribution in [3.63, 3.8) is 0 Å². The average molecular weight is 340 g/mol. The first kappa shape index (κ1) is 16.7. The van der Waals surface area contributed by atoms with Crippen LogP contribution in [-0.4, -0.2) is 37.8 Å². The molecular weight excluding hydrogens is 320 g/mol. The number of hydrogen-bond donors (Lipinski definition) is 2. The normalized spacial score (nSPS) is 10.8. The molecule has 8 heteroatoms. The summed E-state index contributed by atoms with van der Waals surface area (Å²) in [5, 5.41) is 13.9. The number of carbonyl (C=O) groups is 2. The zero-order valence-corrected chi connectivity index (χ0v) is 14.4. The molecule has 0 saturated carbocycles. The van der Waals surface area contributed by atoms with Crippen LogP contribution in [0.2, 0.25) is 0 Å². The number of aromatic nitrogens is 4. The van der Waals surface area contributed by atoms with Crippen molar-refractivity contribution < 1.29 is 9.59 Å². The van der Waals surface area contributed by atoms with Gasteiger partial charge >= 0.3 is 0 Å². The summed E-state index contributed by atoms with van der Waals surface area (Å²) in [4.78, 5) is 24.3. The quantitative estimate of drug-likeness (QED) is 0.737. The highest BCUT2D eigenvalue weighted by atomic mass is 16.2. The van der Waals surface area contributed by atoms with E-state index in [0.717, 1.165) is 23.4 Å². The lowest BCUT2D eigenvalue weighted by Gasteiger charge is -2.07. The second-order valence-electron chi connectivity index (χ2n) is 5.69. The molecule has 0 radical (unpaired) electrons. The standard InChI is InChI=1S/C17H20N6O2/c1-4-22-12(3)16(11(2)20-22)19-15(24)10-18-17(25)14-9-13-7-5-6-8-23(13)21-14/h5-9H,4,10H2,1-3H3,(H,18,25)(H,19,24). The van der Waals surface area contributed by atoms with Gasteiger partial charge in [0.2, 0.25) is 5.91 Å². The summed E-state index contributed by atoms with van der Waals surface area (Å²) in [5.41, 5.74) is 3.41. The minimum atomic E-state index is -0.392. The van der Waals surface area contributed by atoms with E-state index in [9.17, 15) is 9.59 Å². The smallest absolute Gasteiger partial charge is 0.272 e. The molecule has 0 fully saturated rings. The van der Waals surface area contributed by atoms with Crippen molar-refractivity contribution in [1.29, 1.82) is 0 Å². The van der Waals surface area contributed by atoms with E-state index in [2.05, 4.69) is 20.8 Å². The fourth-order valence-electron chi connectivity index (χ4n) is 2.67. The highest BCUT2D eigenvalue weighted by Crippen LogP contribution is 2.18. The molecule has 3 rings (SSSR count). The molecule has 3 heterocycles. The number of nitrogens with zero attached hydrogens (tertiary/aromatic N) is 4. The Labute approximate surface area is 144 Å². The molecule has 0 unspecified atom stereocenters. The molecule has 0 saturated heterocycles. The van der Waals surface area contributed by atoms with Gasteiger partial charge in [-0.2, -0.15) is 10.2 Å². The lowest BCUT2D eigenvalue weighted by Crippen LogP contribution is -2.33. The molecule has 130 valence electrons. The van der Waals surface area contributed by atoms with Gasteiger partial charge in [-0.3, -0.25) is 14.3 Å². The number of anilines is 1.